The van der Waals surface area contributed by atoms with Crippen molar-refractivity contribution in [3.8, 4) is 5.75 Å². The number of methoxy groups -OCH3 is 1. The monoisotopic (exact) mass is 419 g/mol. The first-order chi connectivity index (χ1) is 15.0. The smallest absolute Gasteiger partial charge is 0.120 e. The molecule has 0 unspecified atom stereocenters. The van der Waals surface area contributed by atoms with Gasteiger partial charge in [0.1, 0.15) is 5.75 Å². The molecule has 0 spiro atoms. The number of hydrogen-bond donors (Lipinski definition) is 1. The van der Waals surface area contributed by atoms with E-state index in [4.69, 9.17) is 4.74 Å². The number of benzene rings is 2. The highest BCUT2D eigenvalue weighted by Crippen LogP contribution is 2.46. The van der Waals surface area contributed by atoms with Crippen LogP contribution in [0.15, 0.2) is 36.4 Å². The third-order valence-electron chi connectivity index (χ3n) is 7.83. The first kappa shape index (κ1) is 20.8. The normalized spacial score (nSPS) is 21.8. The molecule has 0 radical (unpaired) electrons. The average Bonchev–Trinajstić information content (AvgIpc) is 2.80. The average molecular weight is 420 g/mol. The van der Waals surface area contributed by atoms with Crippen LogP contribution in [0.1, 0.15) is 62.6 Å². The fourth-order valence-corrected chi connectivity index (χ4v) is 5.90. The van der Waals surface area contributed by atoms with Crippen LogP contribution in [0.3, 0.4) is 0 Å². The Morgan fingerprint density at radius 3 is 2.42 bits per heavy atom. The summed E-state index contributed by atoms with van der Waals surface area (Å²) in [6.07, 6.45) is 7.14. The number of fused-ring (bicyclic) bond motifs is 2. The summed E-state index contributed by atoms with van der Waals surface area (Å²) in [5, 5.41) is 3.64. The molecule has 5 rings (SSSR count). The van der Waals surface area contributed by atoms with Crippen LogP contribution in [0.25, 0.3) is 0 Å². The molecule has 31 heavy (non-hydrogen) atoms. The minimum Gasteiger partial charge on any atom is -0.497 e. The number of hydrogen-bond acceptors (Lipinski definition) is 4. The lowest BCUT2D eigenvalue weighted by atomic mass is 9.74. The molecule has 0 atom stereocenters. The second kappa shape index (κ2) is 8.48. The Hall–Kier alpha value is -2.04. The van der Waals surface area contributed by atoms with Gasteiger partial charge in [0.05, 0.1) is 7.11 Å². The molecule has 2 fully saturated rings. The first-order valence-electron chi connectivity index (χ1n) is 12.1. The van der Waals surface area contributed by atoms with E-state index in [0.717, 1.165) is 24.0 Å². The number of anilines is 2. The minimum atomic E-state index is -0.0299. The molecule has 1 aliphatic carbocycles. The summed E-state index contributed by atoms with van der Waals surface area (Å²) >= 11 is 0. The third-order valence-corrected chi connectivity index (χ3v) is 7.83. The second-order valence-corrected chi connectivity index (χ2v) is 10.1. The molecule has 4 heteroatoms. The summed E-state index contributed by atoms with van der Waals surface area (Å²) in [5.41, 5.74) is 6.50. The Bertz CT molecular complexity index is 924. The van der Waals surface area contributed by atoms with Crippen molar-refractivity contribution >= 4 is 11.4 Å². The van der Waals surface area contributed by atoms with Crippen LogP contribution in [0.4, 0.5) is 11.4 Å². The molecule has 2 heterocycles. The van der Waals surface area contributed by atoms with Crippen molar-refractivity contribution in [1.82, 2.24) is 9.80 Å². The Morgan fingerprint density at radius 1 is 0.903 bits per heavy atom. The number of rotatable bonds is 4. The Labute approximate surface area is 187 Å². The minimum absolute atomic E-state index is 0.0299. The third kappa shape index (κ3) is 4.08. The highest BCUT2D eigenvalue weighted by Gasteiger charge is 2.33. The van der Waals surface area contributed by atoms with Crippen LogP contribution in [0.5, 0.6) is 5.75 Å². The predicted octanol–water partition coefficient (Wildman–Crippen LogP) is 5.53. The molecule has 3 aliphatic rings. The van der Waals surface area contributed by atoms with E-state index in [1.54, 1.807) is 7.11 Å². The van der Waals surface area contributed by atoms with Crippen LogP contribution in [-0.2, 0) is 12.0 Å². The number of nitrogens with zero attached hydrogens (tertiary/aromatic N) is 2. The van der Waals surface area contributed by atoms with E-state index < -0.39 is 0 Å². The molecule has 1 saturated carbocycles. The Balaban J connectivity index is 1.28. The van der Waals surface area contributed by atoms with Gasteiger partial charge in [0.15, 0.2) is 0 Å². The van der Waals surface area contributed by atoms with Crippen molar-refractivity contribution in [2.24, 2.45) is 0 Å². The molecular weight excluding hydrogens is 382 g/mol. The largest absolute Gasteiger partial charge is 0.497 e. The summed E-state index contributed by atoms with van der Waals surface area (Å²) in [7, 11) is 1.73. The molecule has 0 aromatic heterocycles. The van der Waals surface area contributed by atoms with Gasteiger partial charge in [-0.25, -0.2) is 0 Å². The Morgan fingerprint density at radius 2 is 1.68 bits per heavy atom. The van der Waals surface area contributed by atoms with E-state index >= 15 is 0 Å². The Kier molecular flexibility index (Phi) is 5.70. The van der Waals surface area contributed by atoms with Crippen molar-refractivity contribution in [1.29, 1.82) is 0 Å². The van der Waals surface area contributed by atoms with E-state index in [1.807, 2.05) is 0 Å². The van der Waals surface area contributed by atoms with Gasteiger partial charge in [0.2, 0.25) is 0 Å². The summed E-state index contributed by atoms with van der Waals surface area (Å²) in [6, 6.07) is 14.3. The fourth-order valence-electron chi connectivity index (χ4n) is 5.90. The van der Waals surface area contributed by atoms with E-state index in [2.05, 4.69) is 65.4 Å². The van der Waals surface area contributed by atoms with Gasteiger partial charge >= 0.3 is 0 Å². The highest BCUT2D eigenvalue weighted by atomic mass is 16.5. The van der Waals surface area contributed by atoms with E-state index in [0.29, 0.717) is 0 Å². The van der Waals surface area contributed by atoms with Crippen LogP contribution in [0.2, 0.25) is 0 Å². The van der Waals surface area contributed by atoms with Crippen molar-refractivity contribution in [2.45, 2.75) is 64.0 Å². The van der Waals surface area contributed by atoms with Crippen molar-refractivity contribution in [3.63, 3.8) is 0 Å². The molecule has 166 valence electrons. The van der Waals surface area contributed by atoms with Gasteiger partial charge < -0.3 is 10.1 Å². The fraction of sp³-hybridized carbons (Fsp3) is 0.556. The molecule has 2 aromatic rings. The van der Waals surface area contributed by atoms with E-state index in [9.17, 15) is 0 Å². The number of ether oxygens (including phenoxy) is 1. The van der Waals surface area contributed by atoms with Crippen molar-refractivity contribution in [2.75, 3.05) is 38.6 Å². The molecule has 2 aliphatic heterocycles. The topological polar surface area (TPSA) is 27.7 Å². The van der Waals surface area contributed by atoms with Gasteiger partial charge in [-0.15, -0.1) is 0 Å². The zero-order valence-electron chi connectivity index (χ0n) is 19.4. The molecule has 2 aromatic carbocycles. The van der Waals surface area contributed by atoms with Crippen LogP contribution < -0.4 is 10.1 Å². The number of nitrogens with one attached hydrogen (secondary N) is 1. The second-order valence-electron chi connectivity index (χ2n) is 10.1. The van der Waals surface area contributed by atoms with Gasteiger partial charge in [-0.3, -0.25) is 9.80 Å². The van der Waals surface area contributed by atoms with Crippen molar-refractivity contribution < 1.29 is 4.74 Å². The summed E-state index contributed by atoms with van der Waals surface area (Å²) in [4.78, 5) is 5.41. The number of piperazine rings is 1. The molecule has 1 saturated heterocycles. The van der Waals surface area contributed by atoms with E-state index in [1.165, 1.54) is 80.7 Å². The maximum Gasteiger partial charge on any atom is 0.120 e. The lowest BCUT2D eigenvalue weighted by molar-refractivity contribution is 0.0755. The first-order valence-corrected chi connectivity index (χ1v) is 12.1. The maximum absolute atomic E-state index is 5.44. The van der Waals surface area contributed by atoms with Crippen LogP contribution in [0, 0.1) is 0 Å². The van der Waals surface area contributed by atoms with Gasteiger partial charge in [-0.1, -0.05) is 51.3 Å². The summed E-state index contributed by atoms with van der Waals surface area (Å²) < 4.78 is 5.44. The van der Waals surface area contributed by atoms with E-state index in [-0.39, 0.29) is 5.41 Å². The summed E-state index contributed by atoms with van der Waals surface area (Å²) in [5.74, 6) is 0.898. The standard InChI is InChI=1S/C27H37N3O/c1-27(2)23-11-10-22(31-3)18-26(23)28-25-12-9-20(17-24(25)27)19-29-13-15-30(16-14-29)21-7-5-4-6-8-21/h9-12,17-18,21,28H,4-8,13-16,19H2,1-3H3. The van der Waals surface area contributed by atoms with Crippen LogP contribution >= 0.6 is 0 Å². The van der Waals surface area contributed by atoms with Gasteiger partial charge in [-0.05, 0) is 41.7 Å². The highest BCUT2D eigenvalue weighted by molar-refractivity contribution is 5.76. The SMILES string of the molecule is COc1ccc2c(c1)Nc1ccc(CN3CCN(C4CCCCC4)CC3)cc1C2(C)C. The zero-order valence-corrected chi connectivity index (χ0v) is 19.4. The molecule has 0 amide bonds. The molecular formula is C27H37N3O. The lowest BCUT2D eigenvalue weighted by Gasteiger charge is -2.41. The van der Waals surface area contributed by atoms with Gasteiger partial charge in [0, 0.05) is 61.6 Å². The molecule has 0 bridgehead atoms. The lowest BCUT2D eigenvalue weighted by Crippen LogP contribution is -2.50. The zero-order chi connectivity index (χ0) is 21.4. The van der Waals surface area contributed by atoms with Crippen molar-refractivity contribution in [3.05, 3.63) is 53.1 Å². The predicted molar refractivity (Wildman–Crippen MR) is 129 cm³/mol. The summed E-state index contributed by atoms with van der Waals surface area (Å²) in [6.45, 7) is 10.6. The van der Waals surface area contributed by atoms with Crippen LogP contribution in [-0.4, -0.2) is 49.1 Å². The maximum atomic E-state index is 5.44. The molecule has 4 nitrogen and oxygen atoms in total. The quantitative estimate of drug-likeness (QED) is 0.705. The van der Waals surface area contributed by atoms with Gasteiger partial charge in [0.25, 0.3) is 0 Å². The molecule has 1 N–H and O–H groups in total. The van der Waals surface area contributed by atoms with Gasteiger partial charge in [-0.2, -0.15) is 0 Å².